The molecule has 0 radical (unpaired) electrons. The number of aryl methyl sites for hydroxylation is 2. The Hall–Kier alpha value is -2.47. The molecule has 0 spiro atoms. The van der Waals surface area contributed by atoms with Gasteiger partial charge in [0.15, 0.2) is 11.5 Å². The zero-order valence-corrected chi connectivity index (χ0v) is 14.3. The van der Waals surface area contributed by atoms with Crippen molar-refractivity contribution in [1.82, 2.24) is 9.97 Å². The number of benzene rings is 1. The Bertz CT molecular complexity index is 715. The Kier molecular flexibility index (Phi) is 6.26. The number of nitrogens with one attached hydrogen (secondary N) is 1. The van der Waals surface area contributed by atoms with E-state index in [0.717, 1.165) is 48.3 Å². The molecule has 0 bridgehead atoms. The molecule has 0 aliphatic carbocycles. The van der Waals surface area contributed by atoms with E-state index in [0.29, 0.717) is 12.4 Å². The lowest BCUT2D eigenvalue weighted by molar-refractivity contribution is 0.0996. The molecule has 6 heteroatoms. The first-order valence-electron chi connectivity index (χ1n) is 8.34. The van der Waals surface area contributed by atoms with Crippen molar-refractivity contribution in [3.05, 3.63) is 46.9 Å². The first-order chi connectivity index (χ1) is 11.6. The zero-order chi connectivity index (χ0) is 17.5. The van der Waals surface area contributed by atoms with Crippen LogP contribution < -0.4 is 16.8 Å². The summed E-state index contributed by atoms with van der Waals surface area (Å²) < 4.78 is 0. The van der Waals surface area contributed by atoms with Gasteiger partial charge in [0, 0.05) is 5.69 Å². The third-order valence-electron chi connectivity index (χ3n) is 3.73. The lowest BCUT2D eigenvalue weighted by atomic mass is 10.1. The third-order valence-corrected chi connectivity index (χ3v) is 3.73. The highest BCUT2D eigenvalue weighted by Crippen LogP contribution is 2.21. The third kappa shape index (κ3) is 4.29. The molecule has 2 aromatic rings. The van der Waals surface area contributed by atoms with Gasteiger partial charge < -0.3 is 16.8 Å². The molecule has 2 rings (SSSR count). The van der Waals surface area contributed by atoms with E-state index in [9.17, 15) is 4.79 Å². The Morgan fingerprint density at radius 2 is 1.96 bits per heavy atom. The van der Waals surface area contributed by atoms with Gasteiger partial charge in [0.2, 0.25) is 0 Å². The molecule has 0 aliphatic heterocycles. The molecule has 24 heavy (non-hydrogen) atoms. The predicted molar refractivity (Wildman–Crippen MR) is 96.4 cm³/mol. The highest BCUT2D eigenvalue weighted by molar-refractivity contribution is 5.96. The average molecular weight is 327 g/mol. The van der Waals surface area contributed by atoms with Crippen LogP contribution in [0.15, 0.2) is 24.3 Å². The summed E-state index contributed by atoms with van der Waals surface area (Å²) in [7, 11) is 0. The summed E-state index contributed by atoms with van der Waals surface area (Å²) >= 11 is 0. The molecule has 5 N–H and O–H groups in total. The smallest absolute Gasteiger partial charge is 0.271 e. The van der Waals surface area contributed by atoms with E-state index in [2.05, 4.69) is 22.2 Å². The van der Waals surface area contributed by atoms with E-state index in [-0.39, 0.29) is 5.69 Å². The molecule has 0 fully saturated rings. The molecule has 0 atom stereocenters. The predicted octanol–water partition coefficient (Wildman–Crippen LogP) is 2.34. The van der Waals surface area contributed by atoms with Gasteiger partial charge in [0.05, 0.1) is 11.4 Å². The van der Waals surface area contributed by atoms with E-state index in [1.165, 1.54) is 0 Å². The summed E-state index contributed by atoms with van der Waals surface area (Å²) in [5, 5.41) is 3.19. The fourth-order valence-electron chi connectivity index (χ4n) is 2.59. The van der Waals surface area contributed by atoms with Crippen molar-refractivity contribution in [2.75, 3.05) is 11.9 Å². The van der Waals surface area contributed by atoms with Crippen LogP contribution in [0.3, 0.4) is 0 Å². The summed E-state index contributed by atoms with van der Waals surface area (Å²) in [4.78, 5) is 20.9. The second kappa shape index (κ2) is 8.40. The molecule has 1 heterocycles. The monoisotopic (exact) mass is 327 g/mol. The second-order valence-electron chi connectivity index (χ2n) is 5.65. The Morgan fingerprint density at radius 1 is 1.17 bits per heavy atom. The Morgan fingerprint density at radius 3 is 2.58 bits per heavy atom. The average Bonchev–Trinajstić information content (AvgIpc) is 2.56. The quantitative estimate of drug-likeness (QED) is 0.690. The SMILES string of the molecule is CCCc1nc(Nc2cccc(CCN)c2)c(C(N)=O)nc1CC. The fraction of sp³-hybridized carbons (Fsp3) is 0.389. The lowest BCUT2D eigenvalue weighted by Crippen LogP contribution is -2.19. The number of rotatable bonds is 8. The molecular formula is C18H25N5O. The largest absolute Gasteiger partial charge is 0.364 e. The van der Waals surface area contributed by atoms with Crippen LogP contribution in [0.4, 0.5) is 11.5 Å². The van der Waals surface area contributed by atoms with E-state index in [1.807, 2.05) is 31.2 Å². The van der Waals surface area contributed by atoms with Gasteiger partial charge in [-0.25, -0.2) is 9.97 Å². The summed E-state index contributed by atoms with van der Waals surface area (Å²) in [6.45, 7) is 4.67. The molecule has 1 aromatic carbocycles. The van der Waals surface area contributed by atoms with Crippen molar-refractivity contribution in [2.45, 2.75) is 39.5 Å². The number of carbonyl (C=O) groups excluding carboxylic acids is 1. The minimum Gasteiger partial charge on any atom is -0.364 e. The number of hydrogen-bond acceptors (Lipinski definition) is 5. The minimum atomic E-state index is -0.583. The first kappa shape index (κ1) is 17.9. The molecule has 0 saturated carbocycles. The van der Waals surface area contributed by atoms with Crippen LogP contribution in [0.1, 0.15) is 47.7 Å². The van der Waals surface area contributed by atoms with Crippen LogP contribution in [-0.4, -0.2) is 22.4 Å². The number of carbonyl (C=O) groups is 1. The van der Waals surface area contributed by atoms with Gasteiger partial charge in [-0.2, -0.15) is 0 Å². The highest BCUT2D eigenvalue weighted by Gasteiger charge is 2.16. The highest BCUT2D eigenvalue weighted by atomic mass is 16.1. The number of nitrogens with zero attached hydrogens (tertiary/aromatic N) is 2. The van der Waals surface area contributed by atoms with Gasteiger partial charge in [-0.15, -0.1) is 0 Å². The maximum Gasteiger partial charge on any atom is 0.271 e. The van der Waals surface area contributed by atoms with E-state index in [1.54, 1.807) is 0 Å². The fourth-order valence-corrected chi connectivity index (χ4v) is 2.59. The summed E-state index contributed by atoms with van der Waals surface area (Å²) in [5.74, 6) is -0.172. The van der Waals surface area contributed by atoms with Crippen molar-refractivity contribution >= 4 is 17.4 Å². The normalized spacial score (nSPS) is 10.6. The molecule has 6 nitrogen and oxygen atoms in total. The Balaban J connectivity index is 2.42. The molecular weight excluding hydrogens is 302 g/mol. The summed E-state index contributed by atoms with van der Waals surface area (Å²) in [6, 6.07) is 7.87. The maximum absolute atomic E-state index is 11.8. The molecule has 1 amide bonds. The molecule has 128 valence electrons. The van der Waals surface area contributed by atoms with Crippen LogP contribution >= 0.6 is 0 Å². The van der Waals surface area contributed by atoms with Crippen LogP contribution in [-0.2, 0) is 19.3 Å². The van der Waals surface area contributed by atoms with Gasteiger partial charge in [-0.05, 0) is 43.5 Å². The van der Waals surface area contributed by atoms with Crippen molar-refractivity contribution in [1.29, 1.82) is 0 Å². The topological polar surface area (TPSA) is 107 Å². The van der Waals surface area contributed by atoms with Gasteiger partial charge in [-0.1, -0.05) is 32.4 Å². The van der Waals surface area contributed by atoms with Crippen LogP contribution in [0, 0.1) is 0 Å². The van der Waals surface area contributed by atoms with Gasteiger partial charge in [0.25, 0.3) is 5.91 Å². The van der Waals surface area contributed by atoms with Crippen molar-refractivity contribution < 1.29 is 4.79 Å². The second-order valence-corrected chi connectivity index (χ2v) is 5.65. The van der Waals surface area contributed by atoms with Crippen LogP contribution in [0.25, 0.3) is 0 Å². The number of primary amides is 1. The number of nitrogens with two attached hydrogens (primary N) is 2. The van der Waals surface area contributed by atoms with E-state index < -0.39 is 5.91 Å². The van der Waals surface area contributed by atoms with E-state index in [4.69, 9.17) is 11.5 Å². The van der Waals surface area contributed by atoms with Crippen molar-refractivity contribution in [3.63, 3.8) is 0 Å². The zero-order valence-electron chi connectivity index (χ0n) is 14.3. The summed E-state index contributed by atoms with van der Waals surface area (Å²) in [6.07, 6.45) is 3.29. The van der Waals surface area contributed by atoms with Crippen molar-refractivity contribution in [2.24, 2.45) is 11.5 Å². The lowest BCUT2D eigenvalue weighted by Gasteiger charge is -2.14. The number of aromatic nitrogens is 2. The standard InChI is InChI=1S/C18H25N5O/c1-3-6-15-14(4-2)22-16(17(20)24)18(23-15)21-13-8-5-7-12(11-13)9-10-19/h5,7-8,11H,3-4,6,9-10,19H2,1-2H3,(H2,20,24)(H,21,23). The number of anilines is 2. The molecule has 0 saturated heterocycles. The summed E-state index contributed by atoms with van der Waals surface area (Å²) in [5.41, 5.74) is 15.0. The molecule has 0 aliphatic rings. The van der Waals surface area contributed by atoms with Crippen molar-refractivity contribution in [3.8, 4) is 0 Å². The van der Waals surface area contributed by atoms with Gasteiger partial charge in [0.1, 0.15) is 0 Å². The van der Waals surface area contributed by atoms with Gasteiger partial charge >= 0.3 is 0 Å². The van der Waals surface area contributed by atoms with E-state index >= 15 is 0 Å². The maximum atomic E-state index is 11.8. The first-order valence-corrected chi connectivity index (χ1v) is 8.34. The van der Waals surface area contributed by atoms with Crippen LogP contribution in [0.5, 0.6) is 0 Å². The molecule has 0 unspecified atom stereocenters. The number of hydrogen-bond donors (Lipinski definition) is 3. The number of amides is 1. The molecule has 1 aromatic heterocycles. The Labute approximate surface area is 142 Å². The van der Waals surface area contributed by atoms with Crippen LogP contribution in [0.2, 0.25) is 0 Å². The van der Waals surface area contributed by atoms with Gasteiger partial charge in [-0.3, -0.25) is 4.79 Å². The minimum absolute atomic E-state index is 0.177.